The molecule has 252 valence electrons. The van der Waals surface area contributed by atoms with Gasteiger partial charge >= 0.3 is 0 Å². The Labute approximate surface area is 312 Å². The third-order valence-electron chi connectivity index (χ3n) is 11.0. The fraction of sp³-hybridized carbons (Fsp3) is 0. The number of rotatable bonds is 5. The average Bonchev–Trinajstić information content (AvgIpc) is 3.64. The first kappa shape index (κ1) is 30.5. The summed E-state index contributed by atoms with van der Waals surface area (Å²) >= 11 is 0. The normalized spacial score (nSPS) is 11.7. The van der Waals surface area contributed by atoms with Gasteiger partial charge in [-0.05, 0) is 90.8 Å². The van der Waals surface area contributed by atoms with Crippen LogP contribution in [0.25, 0.3) is 87.3 Å². The number of hydrogen-bond acceptors (Lipinski definition) is 2. The molecular weight excluding hydrogens is 655 g/mol. The summed E-state index contributed by atoms with van der Waals surface area (Å²) in [6, 6.07) is 72.3. The molecule has 10 aromatic carbocycles. The Morgan fingerprint density at radius 1 is 0.333 bits per heavy atom. The lowest BCUT2D eigenvalue weighted by Gasteiger charge is -2.29. The molecule has 2 heteroatoms. The highest BCUT2D eigenvalue weighted by molar-refractivity contribution is 6.21. The van der Waals surface area contributed by atoms with E-state index in [1.54, 1.807) is 0 Å². The van der Waals surface area contributed by atoms with E-state index in [2.05, 4.69) is 205 Å². The second kappa shape index (κ2) is 12.2. The Morgan fingerprint density at radius 2 is 0.926 bits per heavy atom. The van der Waals surface area contributed by atoms with Crippen LogP contribution in [0.15, 0.2) is 205 Å². The second-order valence-electron chi connectivity index (χ2n) is 14.1. The lowest BCUT2D eigenvalue weighted by molar-refractivity contribution is 0.670. The van der Waals surface area contributed by atoms with Crippen molar-refractivity contribution in [2.45, 2.75) is 0 Å². The number of benzene rings is 10. The highest BCUT2D eigenvalue weighted by atomic mass is 16.3. The van der Waals surface area contributed by atoms with Gasteiger partial charge in [0.05, 0.1) is 16.8 Å². The van der Waals surface area contributed by atoms with Gasteiger partial charge in [0.2, 0.25) is 0 Å². The molecular formula is C52H33NO. The van der Waals surface area contributed by atoms with E-state index in [0.717, 1.165) is 50.1 Å². The molecule has 54 heavy (non-hydrogen) atoms. The monoisotopic (exact) mass is 687 g/mol. The Kier molecular flexibility index (Phi) is 6.90. The highest BCUT2D eigenvalue weighted by Crippen LogP contribution is 2.49. The number of anilines is 3. The molecule has 0 saturated heterocycles. The molecule has 0 atom stereocenters. The van der Waals surface area contributed by atoms with Gasteiger partial charge in [0.15, 0.2) is 0 Å². The van der Waals surface area contributed by atoms with E-state index in [0.29, 0.717) is 0 Å². The average molecular weight is 688 g/mol. The second-order valence-corrected chi connectivity index (χ2v) is 14.1. The zero-order valence-corrected chi connectivity index (χ0v) is 29.4. The van der Waals surface area contributed by atoms with E-state index in [-0.39, 0.29) is 0 Å². The molecule has 1 aromatic heterocycles. The van der Waals surface area contributed by atoms with Crippen LogP contribution >= 0.6 is 0 Å². The summed E-state index contributed by atoms with van der Waals surface area (Å²) in [5, 5.41) is 12.0. The molecule has 0 aliphatic carbocycles. The minimum absolute atomic E-state index is 0.871. The van der Waals surface area contributed by atoms with Crippen molar-refractivity contribution < 1.29 is 4.42 Å². The number of fused-ring (bicyclic) bond motifs is 9. The Bertz CT molecular complexity index is 3210. The summed E-state index contributed by atoms with van der Waals surface area (Å²) in [4.78, 5) is 2.45. The van der Waals surface area contributed by atoms with Crippen LogP contribution in [0.4, 0.5) is 17.1 Å². The maximum Gasteiger partial charge on any atom is 0.145 e. The van der Waals surface area contributed by atoms with Crippen molar-refractivity contribution in [3.05, 3.63) is 200 Å². The molecule has 0 aliphatic heterocycles. The minimum atomic E-state index is 0.871. The summed E-state index contributed by atoms with van der Waals surface area (Å²) in [6.45, 7) is 0. The number of hydrogen-bond donors (Lipinski definition) is 0. The minimum Gasteiger partial charge on any atom is -0.455 e. The van der Waals surface area contributed by atoms with Gasteiger partial charge in [-0.1, -0.05) is 164 Å². The predicted octanol–water partition coefficient (Wildman–Crippen LogP) is 15.0. The van der Waals surface area contributed by atoms with Crippen LogP contribution < -0.4 is 4.90 Å². The van der Waals surface area contributed by atoms with Gasteiger partial charge in [-0.2, -0.15) is 0 Å². The highest BCUT2D eigenvalue weighted by Gasteiger charge is 2.24. The molecule has 0 saturated carbocycles. The lowest BCUT2D eigenvalue weighted by Crippen LogP contribution is -2.11. The van der Waals surface area contributed by atoms with Crippen LogP contribution in [0.2, 0.25) is 0 Å². The van der Waals surface area contributed by atoms with Gasteiger partial charge in [0.25, 0.3) is 0 Å². The predicted molar refractivity (Wildman–Crippen MR) is 229 cm³/mol. The summed E-state index contributed by atoms with van der Waals surface area (Å²) < 4.78 is 6.86. The maximum atomic E-state index is 6.86. The lowest BCUT2D eigenvalue weighted by atomic mass is 9.96. The molecule has 0 fully saturated rings. The van der Waals surface area contributed by atoms with E-state index in [4.69, 9.17) is 4.42 Å². The van der Waals surface area contributed by atoms with E-state index in [1.165, 1.54) is 54.2 Å². The fourth-order valence-electron chi connectivity index (χ4n) is 8.47. The fourth-order valence-corrected chi connectivity index (χ4v) is 8.47. The molecule has 2 nitrogen and oxygen atoms in total. The van der Waals surface area contributed by atoms with Crippen molar-refractivity contribution >= 4 is 82.1 Å². The summed E-state index contributed by atoms with van der Waals surface area (Å²) in [7, 11) is 0. The number of para-hydroxylation sites is 1. The van der Waals surface area contributed by atoms with Crippen molar-refractivity contribution in [3.63, 3.8) is 0 Å². The van der Waals surface area contributed by atoms with Gasteiger partial charge in [-0.25, -0.2) is 0 Å². The van der Waals surface area contributed by atoms with Crippen LogP contribution in [0, 0.1) is 0 Å². The largest absolute Gasteiger partial charge is 0.455 e. The topological polar surface area (TPSA) is 16.4 Å². The van der Waals surface area contributed by atoms with Gasteiger partial charge < -0.3 is 9.32 Å². The zero-order valence-electron chi connectivity index (χ0n) is 29.4. The first-order valence-electron chi connectivity index (χ1n) is 18.5. The van der Waals surface area contributed by atoms with Crippen LogP contribution in [0.1, 0.15) is 0 Å². The molecule has 0 radical (unpaired) electrons. The maximum absolute atomic E-state index is 6.86. The van der Waals surface area contributed by atoms with E-state index < -0.39 is 0 Å². The van der Waals surface area contributed by atoms with Crippen LogP contribution in [0.3, 0.4) is 0 Å². The summed E-state index contributed by atoms with van der Waals surface area (Å²) in [6.07, 6.45) is 0. The third kappa shape index (κ3) is 4.81. The van der Waals surface area contributed by atoms with E-state index in [1.807, 2.05) is 0 Å². The Hall–Kier alpha value is -7.16. The van der Waals surface area contributed by atoms with Crippen molar-refractivity contribution in [3.8, 4) is 22.3 Å². The van der Waals surface area contributed by atoms with Crippen LogP contribution in [0.5, 0.6) is 0 Å². The molecule has 1 heterocycles. The Morgan fingerprint density at radius 3 is 1.76 bits per heavy atom. The first-order chi connectivity index (χ1) is 26.8. The molecule has 0 N–H and O–H groups in total. The zero-order chi connectivity index (χ0) is 35.6. The summed E-state index contributed by atoms with van der Waals surface area (Å²) in [5.74, 6) is 0. The number of furan rings is 1. The van der Waals surface area contributed by atoms with Gasteiger partial charge in [0, 0.05) is 22.0 Å². The summed E-state index contributed by atoms with van der Waals surface area (Å²) in [5.41, 5.74) is 9.60. The quantitative estimate of drug-likeness (QED) is 0.168. The van der Waals surface area contributed by atoms with Gasteiger partial charge in [0.1, 0.15) is 11.2 Å². The van der Waals surface area contributed by atoms with E-state index >= 15 is 0 Å². The molecule has 0 unspecified atom stereocenters. The number of nitrogens with zero attached hydrogens (tertiary/aromatic N) is 1. The van der Waals surface area contributed by atoms with Crippen molar-refractivity contribution in [2.75, 3.05) is 4.90 Å². The van der Waals surface area contributed by atoms with Crippen molar-refractivity contribution in [2.24, 2.45) is 0 Å². The van der Waals surface area contributed by atoms with Crippen molar-refractivity contribution in [1.29, 1.82) is 0 Å². The molecule has 0 amide bonds. The van der Waals surface area contributed by atoms with Gasteiger partial charge in [-0.3, -0.25) is 0 Å². The van der Waals surface area contributed by atoms with E-state index in [9.17, 15) is 0 Å². The van der Waals surface area contributed by atoms with Gasteiger partial charge in [-0.15, -0.1) is 0 Å². The molecule has 0 aliphatic rings. The molecule has 11 rings (SSSR count). The van der Waals surface area contributed by atoms with Crippen molar-refractivity contribution in [1.82, 2.24) is 0 Å². The molecule has 0 bridgehead atoms. The first-order valence-corrected chi connectivity index (χ1v) is 18.5. The smallest absolute Gasteiger partial charge is 0.145 e. The van der Waals surface area contributed by atoms with Crippen LogP contribution in [-0.4, -0.2) is 0 Å². The third-order valence-corrected chi connectivity index (χ3v) is 11.0. The Balaban J connectivity index is 1.20. The molecule has 0 spiro atoms. The standard InChI is InChI=1S/C52H33NO/c1-2-11-34(12-3-1)35-21-23-38(24-22-35)45-31-32-48(51-46-18-8-9-20-49(46)54-52(45)51)53(41-29-30-43-40(33-41)28-26-36-13-4-6-16-42(36)43)47-19-10-15-39-27-25-37-14-5-7-17-44(37)50(39)47/h1-33H. The SMILES string of the molecule is c1ccc(-c2ccc(-c3ccc(N(c4ccc5c(ccc6ccccc65)c4)c4cccc5ccc6ccccc6c45)c4c3oc3ccccc34)cc2)cc1. The molecule has 11 aromatic rings. The van der Waals surface area contributed by atoms with Crippen LogP contribution in [-0.2, 0) is 0 Å².